The highest BCUT2D eigenvalue weighted by atomic mass is 14.7. The molecule has 1 heteroatoms. The molecular weight excluding hydrogens is 747 g/mol. The lowest BCUT2D eigenvalue weighted by Crippen LogP contribution is -2.14. The highest BCUT2D eigenvalue weighted by molar-refractivity contribution is 6.04. The van der Waals surface area contributed by atoms with Gasteiger partial charge in [0.05, 0.1) is 11.2 Å². The Labute approximate surface area is 367 Å². The molecule has 62 heavy (non-hydrogen) atoms. The molecule has 10 rings (SSSR count). The number of aryl methyl sites for hydroxylation is 3. The first-order chi connectivity index (χ1) is 30.4. The van der Waals surface area contributed by atoms with Crippen LogP contribution in [0.4, 0.5) is 0 Å². The van der Waals surface area contributed by atoms with E-state index in [1.165, 1.54) is 116 Å². The molecule has 1 nitrogen and oxygen atoms in total. The molecule has 0 amide bonds. The monoisotopic (exact) mass is 799 g/mol. The van der Waals surface area contributed by atoms with Crippen molar-refractivity contribution < 1.29 is 0 Å². The van der Waals surface area contributed by atoms with Crippen LogP contribution >= 0.6 is 0 Å². The summed E-state index contributed by atoms with van der Waals surface area (Å²) >= 11 is 0. The highest BCUT2D eigenvalue weighted by Gasteiger charge is 2.35. The van der Waals surface area contributed by atoms with E-state index in [-0.39, 0.29) is 5.41 Å². The van der Waals surface area contributed by atoms with E-state index in [0.717, 1.165) is 28.6 Å². The lowest BCUT2D eigenvalue weighted by atomic mass is 9.81. The van der Waals surface area contributed by atoms with Gasteiger partial charge in [0, 0.05) is 16.4 Å². The van der Waals surface area contributed by atoms with Gasteiger partial charge < -0.3 is 0 Å². The Morgan fingerprint density at radius 1 is 0.387 bits per heavy atom. The van der Waals surface area contributed by atoms with Gasteiger partial charge in [-0.15, -0.1) is 0 Å². The molecule has 0 saturated carbocycles. The number of fused-ring (bicyclic) bond motifs is 4. The molecule has 0 unspecified atom stereocenters. The van der Waals surface area contributed by atoms with Gasteiger partial charge in [-0.3, -0.25) is 0 Å². The summed E-state index contributed by atoms with van der Waals surface area (Å²) in [5.41, 5.74) is 22.3. The minimum absolute atomic E-state index is 0.0983. The summed E-state index contributed by atoms with van der Waals surface area (Å²) in [6.45, 7) is 7.01. The zero-order chi connectivity index (χ0) is 42.0. The van der Waals surface area contributed by atoms with Gasteiger partial charge in [0.25, 0.3) is 0 Å². The Bertz CT molecular complexity index is 3030. The number of rotatable bonds is 12. The summed E-state index contributed by atoms with van der Waals surface area (Å²) in [7, 11) is 0. The quantitative estimate of drug-likeness (QED) is 0.112. The second-order valence-corrected chi connectivity index (χ2v) is 17.8. The van der Waals surface area contributed by atoms with Crippen molar-refractivity contribution in [3.05, 3.63) is 222 Å². The van der Waals surface area contributed by atoms with Gasteiger partial charge in [0.2, 0.25) is 0 Å². The molecule has 0 aliphatic heterocycles. The molecule has 1 aromatic heterocycles. The molecule has 1 aliphatic rings. The molecular formula is C61H53N. The lowest BCUT2D eigenvalue weighted by Gasteiger charge is -2.22. The predicted molar refractivity (Wildman–Crippen MR) is 264 cm³/mol. The molecule has 0 atom stereocenters. The second-order valence-electron chi connectivity index (χ2n) is 17.8. The SMILES string of the molecule is Cc1cc(-c2cccc(CCCCCCc3ccccc3)c2)cc(-c2ccccc2)c1-c1cc(-c2ccc3c(c2)C(C)(C)c2ccccc2-3)nc2ccc(-c3ccccc3)cc12. The summed E-state index contributed by atoms with van der Waals surface area (Å²) in [6.07, 6.45) is 7.26. The van der Waals surface area contributed by atoms with E-state index in [1.807, 2.05) is 0 Å². The van der Waals surface area contributed by atoms with Crippen molar-refractivity contribution in [2.24, 2.45) is 0 Å². The van der Waals surface area contributed by atoms with E-state index in [1.54, 1.807) is 0 Å². The van der Waals surface area contributed by atoms with Crippen molar-refractivity contribution in [1.29, 1.82) is 0 Å². The molecule has 0 saturated heterocycles. The van der Waals surface area contributed by atoms with Crippen LogP contribution in [-0.2, 0) is 18.3 Å². The highest BCUT2D eigenvalue weighted by Crippen LogP contribution is 2.50. The standard InChI is InChI=1S/C61H53N/c1-42-36-50(47-29-19-24-44(37-47)23-10-5-4-9-20-43-21-11-6-12-22-43)39-53(46-27-15-8-16-28-46)60(42)55-41-59(62-58-35-33-48(38-54(55)58)45-25-13-7-14-26-45)49-32-34-52-51-30-17-18-31-56(51)61(2,3)57(52)40-49/h6-8,11-19,21-22,24-41H,4-5,9-10,20,23H2,1-3H3. The Balaban J connectivity index is 1.06. The van der Waals surface area contributed by atoms with Gasteiger partial charge >= 0.3 is 0 Å². The van der Waals surface area contributed by atoms with Crippen LogP contribution in [0.25, 0.3) is 77.8 Å². The lowest BCUT2D eigenvalue weighted by molar-refractivity contribution is 0.640. The van der Waals surface area contributed by atoms with E-state index in [0.29, 0.717) is 0 Å². The fraction of sp³-hybridized carbons (Fsp3) is 0.164. The summed E-state index contributed by atoms with van der Waals surface area (Å²) in [5.74, 6) is 0. The van der Waals surface area contributed by atoms with E-state index >= 15 is 0 Å². The molecule has 0 fully saturated rings. The van der Waals surface area contributed by atoms with Crippen LogP contribution in [0.5, 0.6) is 0 Å². The molecule has 302 valence electrons. The van der Waals surface area contributed by atoms with Gasteiger partial charge in [-0.2, -0.15) is 0 Å². The van der Waals surface area contributed by atoms with Gasteiger partial charge in [0.1, 0.15) is 0 Å². The number of unbranched alkanes of at least 4 members (excludes halogenated alkanes) is 3. The third-order valence-corrected chi connectivity index (χ3v) is 13.3. The zero-order valence-corrected chi connectivity index (χ0v) is 36.2. The molecule has 8 aromatic carbocycles. The second kappa shape index (κ2) is 16.9. The molecule has 1 heterocycles. The van der Waals surface area contributed by atoms with Gasteiger partial charge in [-0.05, 0) is 146 Å². The van der Waals surface area contributed by atoms with Crippen molar-refractivity contribution in [3.63, 3.8) is 0 Å². The maximum atomic E-state index is 5.45. The maximum absolute atomic E-state index is 5.45. The van der Waals surface area contributed by atoms with Crippen molar-refractivity contribution in [2.45, 2.75) is 64.7 Å². The summed E-state index contributed by atoms with van der Waals surface area (Å²) in [4.78, 5) is 5.45. The maximum Gasteiger partial charge on any atom is 0.0716 e. The minimum atomic E-state index is -0.0983. The molecule has 9 aromatic rings. The number of hydrogen-bond acceptors (Lipinski definition) is 1. The molecule has 1 aliphatic carbocycles. The number of benzene rings is 8. The molecule has 0 radical (unpaired) electrons. The topological polar surface area (TPSA) is 12.9 Å². The molecule has 0 bridgehead atoms. The predicted octanol–water partition coefficient (Wildman–Crippen LogP) is 16.5. The third kappa shape index (κ3) is 7.69. The first kappa shape index (κ1) is 39.3. The van der Waals surface area contributed by atoms with Crippen LogP contribution in [0, 0.1) is 6.92 Å². The van der Waals surface area contributed by atoms with E-state index in [9.17, 15) is 0 Å². The van der Waals surface area contributed by atoms with Gasteiger partial charge in [-0.25, -0.2) is 4.98 Å². The Hall–Kier alpha value is -6.83. The third-order valence-electron chi connectivity index (χ3n) is 13.3. The zero-order valence-electron chi connectivity index (χ0n) is 36.2. The number of pyridine rings is 1. The minimum Gasteiger partial charge on any atom is -0.248 e. The van der Waals surface area contributed by atoms with Crippen molar-refractivity contribution >= 4 is 10.9 Å². The van der Waals surface area contributed by atoms with Gasteiger partial charge in [-0.1, -0.05) is 190 Å². The summed E-state index contributed by atoms with van der Waals surface area (Å²) in [5, 5.41) is 1.16. The molecule has 0 N–H and O–H groups in total. The molecule has 0 spiro atoms. The summed E-state index contributed by atoms with van der Waals surface area (Å²) in [6, 6.07) is 71.7. The normalized spacial score (nSPS) is 12.6. The average molecular weight is 800 g/mol. The van der Waals surface area contributed by atoms with Crippen molar-refractivity contribution in [3.8, 4) is 66.9 Å². The van der Waals surface area contributed by atoms with E-state index in [2.05, 4.69) is 215 Å². The van der Waals surface area contributed by atoms with E-state index in [4.69, 9.17) is 4.98 Å². The fourth-order valence-electron chi connectivity index (χ4n) is 9.97. The number of hydrogen-bond donors (Lipinski definition) is 0. The number of nitrogens with zero attached hydrogens (tertiary/aromatic N) is 1. The van der Waals surface area contributed by atoms with Crippen LogP contribution in [0.15, 0.2) is 194 Å². The first-order valence-electron chi connectivity index (χ1n) is 22.5. The number of aromatic nitrogens is 1. The van der Waals surface area contributed by atoms with E-state index < -0.39 is 0 Å². The van der Waals surface area contributed by atoms with Crippen molar-refractivity contribution in [1.82, 2.24) is 4.98 Å². The Morgan fingerprint density at radius 3 is 1.77 bits per heavy atom. The summed E-state index contributed by atoms with van der Waals surface area (Å²) < 4.78 is 0. The van der Waals surface area contributed by atoms with Crippen LogP contribution < -0.4 is 0 Å². The van der Waals surface area contributed by atoms with Crippen LogP contribution in [0.2, 0.25) is 0 Å². The van der Waals surface area contributed by atoms with Gasteiger partial charge in [0.15, 0.2) is 0 Å². The smallest absolute Gasteiger partial charge is 0.0716 e. The Kier molecular flexibility index (Phi) is 10.7. The largest absolute Gasteiger partial charge is 0.248 e. The first-order valence-corrected chi connectivity index (χ1v) is 22.5. The Morgan fingerprint density at radius 2 is 1.00 bits per heavy atom. The fourth-order valence-corrected chi connectivity index (χ4v) is 9.97. The van der Waals surface area contributed by atoms with Crippen LogP contribution in [-0.4, -0.2) is 4.98 Å². The van der Waals surface area contributed by atoms with Crippen molar-refractivity contribution in [2.75, 3.05) is 0 Å². The van der Waals surface area contributed by atoms with Crippen LogP contribution in [0.1, 0.15) is 67.3 Å². The average Bonchev–Trinajstić information content (AvgIpc) is 3.55. The van der Waals surface area contributed by atoms with Crippen LogP contribution in [0.3, 0.4) is 0 Å².